The maximum Gasteiger partial charge on any atom is 0.192 e. The van der Waals surface area contributed by atoms with Gasteiger partial charge in [0.25, 0.3) is 0 Å². The molecule has 0 N–H and O–H groups in total. The number of ether oxygens (including phenoxy) is 4. The first-order chi connectivity index (χ1) is 15.0. The van der Waals surface area contributed by atoms with Crippen LogP contribution < -0.4 is 18.9 Å². The zero-order chi connectivity index (χ0) is 21.8. The van der Waals surface area contributed by atoms with E-state index in [9.17, 15) is 4.79 Å². The lowest BCUT2D eigenvalue weighted by Gasteiger charge is -2.48. The molecule has 1 fully saturated rings. The molecule has 5 heteroatoms. The Balaban J connectivity index is 1.63. The topological polar surface area (TPSA) is 54.0 Å². The molecule has 5 nitrogen and oxygen atoms in total. The van der Waals surface area contributed by atoms with Gasteiger partial charge in [-0.1, -0.05) is 38.1 Å². The van der Waals surface area contributed by atoms with Crippen molar-refractivity contribution in [2.75, 3.05) is 13.2 Å². The quantitative estimate of drug-likeness (QED) is 0.693. The smallest absolute Gasteiger partial charge is 0.192 e. The highest BCUT2D eigenvalue weighted by atomic mass is 16.5. The normalized spacial score (nSPS) is 22.4. The molecule has 5 rings (SSSR count). The average Bonchev–Trinajstić information content (AvgIpc) is 2.77. The maximum atomic E-state index is 13.6. The molecule has 2 heterocycles. The number of carbonyl (C=O) groups is 1. The van der Waals surface area contributed by atoms with E-state index in [1.807, 2.05) is 62.4 Å². The summed E-state index contributed by atoms with van der Waals surface area (Å²) >= 11 is 0. The number of ketones is 1. The van der Waals surface area contributed by atoms with E-state index in [1.165, 1.54) is 0 Å². The number of rotatable bonds is 4. The van der Waals surface area contributed by atoms with Crippen LogP contribution in [0.5, 0.6) is 23.0 Å². The molecule has 160 valence electrons. The van der Waals surface area contributed by atoms with Gasteiger partial charge in [-0.25, -0.2) is 0 Å². The Morgan fingerprint density at radius 1 is 0.806 bits per heavy atom. The summed E-state index contributed by atoms with van der Waals surface area (Å²) in [5, 5.41) is 0. The van der Waals surface area contributed by atoms with Crippen LogP contribution in [0.4, 0.5) is 0 Å². The van der Waals surface area contributed by atoms with Crippen LogP contribution in [-0.2, 0) is 4.79 Å². The summed E-state index contributed by atoms with van der Waals surface area (Å²) in [6, 6.07) is 11.5. The predicted octanol–water partition coefficient (Wildman–Crippen LogP) is 5.08. The SMILES string of the molecule is CCOc1cccc2c1O[C@@H]1C(=C2)C(=O)C2=Cc3cccc(OCC)c3O[C@H]2C1(C)C. The maximum absolute atomic E-state index is 13.6. The van der Waals surface area contributed by atoms with Crippen molar-refractivity contribution < 1.29 is 23.7 Å². The summed E-state index contributed by atoms with van der Waals surface area (Å²) in [7, 11) is 0. The van der Waals surface area contributed by atoms with Gasteiger partial charge >= 0.3 is 0 Å². The zero-order valence-corrected chi connectivity index (χ0v) is 18.2. The minimum absolute atomic E-state index is 0.0331. The van der Waals surface area contributed by atoms with Crippen molar-refractivity contribution in [2.45, 2.75) is 39.9 Å². The molecule has 2 aromatic carbocycles. The second-order valence-electron chi connectivity index (χ2n) is 8.56. The second kappa shape index (κ2) is 7.19. The van der Waals surface area contributed by atoms with Crippen LogP contribution in [0.1, 0.15) is 38.8 Å². The van der Waals surface area contributed by atoms with Crippen LogP contribution in [0, 0.1) is 5.41 Å². The molecule has 31 heavy (non-hydrogen) atoms. The molecule has 0 aromatic heterocycles. The standard InChI is InChI=1S/C26H26O5/c1-5-28-19-11-7-9-15-13-17-21(27)18-14-16-10-8-12-20(29-6-2)23(16)31-25(18)26(3,4)24(17)30-22(15)19/h7-14,24-25H,5-6H2,1-4H3/t24-,25-/m1/s1. The van der Waals surface area contributed by atoms with Gasteiger partial charge in [0.1, 0.15) is 12.2 Å². The van der Waals surface area contributed by atoms with Gasteiger partial charge in [0.15, 0.2) is 28.8 Å². The Bertz CT molecular complexity index is 1040. The Morgan fingerprint density at radius 3 is 1.68 bits per heavy atom. The van der Waals surface area contributed by atoms with Gasteiger partial charge in [0.05, 0.1) is 13.2 Å². The van der Waals surface area contributed by atoms with Gasteiger partial charge in [-0.2, -0.15) is 0 Å². The fraction of sp³-hybridized carbons (Fsp3) is 0.346. The van der Waals surface area contributed by atoms with Crippen molar-refractivity contribution in [1.82, 2.24) is 0 Å². The summed E-state index contributed by atoms with van der Waals surface area (Å²) in [4.78, 5) is 13.6. The van der Waals surface area contributed by atoms with Crippen LogP contribution in [0.25, 0.3) is 12.2 Å². The van der Waals surface area contributed by atoms with E-state index in [-0.39, 0.29) is 5.78 Å². The monoisotopic (exact) mass is 418 g/mol. The molecule has 1 saturated carbocycles. The first-order valence-corrected chi connectivity index (χ1v) is 10.8. The van der Waals surface area contributed by atoms with Crippen LogP contribution in [0.3, 0.4) is 0 Å². The Labute approximate surface area is 182 Å². The molecule has 0 unspecified atom stereocenters. The summed E-state index contributed by atoms with van der Waals surface area (Å²) < 4.78 is 24.5. The van der Waals surface area contributed by atoms with E-state index in [4.69, 9.17) is 18.9 Å². The zero-order valence-electron chi connectivity index (χ0n) is 18.2. The molecule has 3 aliphatic rings. The third-order valence-electron chi connectivity index (χ3n) is 6.15. The van der Waals surface area contributed by atoms with E-state index in [0.717, 1.165) is 11.1 Å². The lowest BCUT2D eigenvalue weighted by Crippen LogP contribution is -2.56. The number of para-hydroxylation sites is 2. The van der Waals surface area contributed by atoms with E-state index < -0.39 is 17.6 Å². The predicted molar refractivity (Wildman–Crippen MR) is 119 cm³/mol. The Kier molecular flexibility index (Phi) is 4.58. The van der Waals surface area contributed by atoms with Crippen molar-refractivity contribution >= 4 is 17.9 Å². The highest BCUT2D eigenvalue weighted by molar-refractivity contribution is 6.17. The number of fused-ring (bicyclic) bond motifs is 4. The molecule has 2 aromatic rings. The lowest BCUT2D eigenvalue weighted by molar-refractivity contribution is -0.119. The highest BCUT2D eigenvalue weighted by Gasteiger charge is 2.55. The van der Waals surface area contributed by atoms with Gasteiger partial charge in [0, 0.05) is 27.7 Å². The van der Waals surface area contributed by atoms with Crippen LogP contribution >= 0.6 is 0 Å². The van der Waals surface area contributed by atoms with Gasteiger partial charge in [0.2, 0.25) is 0 Å². The molecular weight excluding hydrogens is 392 g/mol. The molecule has 0 saturated heterocycles. The van der Waals surface area contributed by atoms with Gasteiger partial charge < -0.3 is 18.9 Å². The fourth-order valence-corrected chi connectivity index (χ4v) is 4.71. The van der Waals surface area contributed by atoms with E-state index in [2.05, 4.69) is 13.8 Å². The van der Waals surface area contributed by atoms with E-state index in [1.54, 1.807) is 0 Å². The van der Waals surface area contributed by atoms with Crippen LogP contribution in [0.2, 0.25) is 0 Å². The molecule has 2 aliphatic heterocycles. The third kappa shape index (κ3) is 2.94. The molecule has 0 bridgehead atoms. The summed E-state index contributed by atoms with van der Waals surface area (Å²) in [5.41, 5.74) is 2.52. The largest absolute Gasteiger partial charge is 0.490 e. The Morgan fingerprint density at radius 2 is 1.26 bits per heavy atom. The minimum Gasteiger partial charge on any atom is -0.490 e. The molecule has 0 radical (unpaired) electrons. The van der Waals surface area contributed by atoms with Crippen molar-refractivity contribution in [1.29, 1.82) is 0 Å². The van der Waals surface area contributed by atoms with Gasteiger partial charge in [-0.15, -0.1) is 0 Å². The second-order valence-corrected chi connectivity index (χ2v) is 8.56. The summed E-state index contributed by atoms with van der Waals surface area (Å²) in [6.07, 6.45) is 2.99. The van der Waals surface area contributed by atoms with Gasteiger partial charge in [-0.3, -0.25) is 4.79 Å². The van der Waals surface area contributed by atoms with Gasteiger partial charge in [-0.05, 0) is 38.1 Å². The lowest BCUT2D eigenvalue weighted by atomic mass is 9.65. The fourth-order valence-electron chi connectivity index (χ4n) is 4.71. The van der Waals surface area contributed by atoms with Crippen molar-refractivity contribution in [3.05, 3.63) is 58.7 Å². The molecule has 2 atom stereocenters. The Hall–Kier alpha value is -3.21. The third-order valence-corrected chi connectivity index (χ3v) is 6.15. The number of hydrogen-bond donors (Lipinski definition) is 0. The van der Waals surface area contributed by atoms with Crippen molar-refractivity contribution in [3.63, 3.8) is 0 Å². The first-order valence-electron chi connectivity index (χ1n) is 10.8. The molecule has 0 spiro atoms. The summed E-state index contributed by atoms with van der Waals surface area (Å²) in [6.45, 7) is 9.13. The number of hydrogen-bond acceptors (Lipinski definition) is 5. The minimum atomic E-state index is -0.500. The highest BCUT2D eigenvalue weighted by Crippen LogP contribution is 2.52. The van der Waals surface area contributed by atoms with Crippen LogP contribution in [-0.4, -0.2) is 31.2 Å². The molecule has 1 aliphatic carbocycles. The van der Waals surface area contributed by atoms with E-state index >= 15 is 0 Å². The van der Waals surface area contributed by atoms with E-state index in [0.29, 0.717) is 47.4 Å². The average molecular weight is 418 g/mol. The number of Topliss-reactive ketones (excluding diaryl/α,β-unsaturated/α-hetero) is 1. The first kappa shape index (κ1) is 19.7. The number of carbonyl (C=O) groups excluding carboxylic acids is 1. The van der Waals surface area contributed by atoms with Crippen molar-refractivity contribution in [2.24, 2.45) is 5.41 Å². The molecule has 0 amide bonds. The van der Waals surface area contributed by atoms with Crippen LogP contribution in [0.15, 0.2) is 47.5 Å². The number of benzene rings is 2. The molecular formula is C26H26O5. The van der Waals surface area contributed by atoms with Crippen molar-refractivity contribution in [3.8, 4) is 23.0 Å². The summed E-state index contributed by atoms with van der Waals surface area (Å²) in [5.74, 6) is 2.70.